The predicted octanol–water partition coefficient (Wildman–Crippen LogP) is 2.19. The van der Waals surface area contributed by atoms with Crippen LogP contribution in [0.25, 0.3) is 6.08 Å². The zero-order valence-electron chi connectivity index (χ0n) is 14.9. The van der Waals surface area contributed by atoms with E-state index in [2.05, 4.69) is 10.3 Å². The van der Waals surface area contributed by atoms with Crippen LogP contribution in [0.1, 0.15) is 44.1 Å². The van der Waals surface area contributed by atoms with Gasteiger partial charge in [0.05, 0.1) is 0 Å². The standard InChI is InChI=1S/C19H26N4O3/c24-18(22-26)9-7-14-6-8-17(20-12-14)21-16-10-11-23(13-16)19(25)15-4-2-1-3-5-15/h6-9,12,15-16,26H,1-5,10-11,13H2,(H,20,21)(H,22,24)/b9-7+. The van der Waals surface area contributed by atoms with Crippen molar-refractivity contribution in [3.8, 4) is 0 Å². The van der Waals surface area contributed by atoms with Gasteiger partial charge in [-0.25, -0.2) is 10.5 Å². The van der Waals surface area contributed by atoms with Crippen LogP contribution >= 0.6 is 0 Å². The molecular formula is C19H26N4O3. The van der Waals surface area contributed by atoms with Crippen LogP contribution in [0.4, 0.5) is 5.82 Å². The molecule has 1 aromatic rings. The summed E-state index contributed by atoms with van der Waals surface area (Å²) in [5.41, 5.74) is 2.30. The van der Waals surface area contributed by atoms with Crippen LogP contribution in [-0.2, 0) is 9.59 Å². The smallest absolute Gasteiger partial charge is 0.267 e. The summed E-state index contributed by atoms with van der Waals surface area (Å²) in [6.07, 6.45) is 11.1. The fourth-order valence-corrected chi connectivity index (χ4v) is 3.69. The number of rotatable bonds is 5. The molecule has 0 aromatic carbocycles. The molecule has 140 valence electrons. The second-order valence-corrected chi connectivity index (χ2v) is 7.04. The van der Waals surface area contributed by atoms with Crippen molar-refractivity contribution in [1.82, 2.24) is 15.4 Å². The van der Waals surface area contributed by atoms with Gasteiger partial charge in [-0.15, -0.1) is 0 Å². The lowest BCUT2D eigenvalue weighted by Gasteiger charge is -2.26. The van der Waals surface area contributed by atoms with Gasteiger partial charge >= 0.3 is 0 Å². The van der Waals surface area contributed by atoms with Crippen LogP contribution in [0.15, 0.2) is 24.4 Å². The number of amides is 2. The van der Waals surface area contributed by atoms with Gasteiger partial charge in [0.1, 0.15) is 5.82 Å². The van der Waals surface area contributed by atoms with E-state index in [-0.39, 0.29) is 12.0 Å². The van der Waals surface area contributed by atoms with Crippen molar-refractivity contribution < 1.29 is 14.8 Å². The number of anilines is 1. The molecule has 2 aliphatic rings. The van der Waals surface area contributed by atoms with Crippen molar-refractivity contribution in [3.63, 3.8) is 0 Å². The number of hydrogen-bond acceptors (Lipinski definition) is 5. The number of nitrogens with zero attached hydrogens (tertiary/aromatic N) is 2. The van der Waals surface area contributed by atoms with Gasteiger partial charge in [0.25, 0.3) is 5.91 Å². The third-order valence-corrected chi connectivity index (χ3v) is 5.13. The molecule has 2 fully saturated rings. The predicted molar refractivity (Wildman–Crippen MR) is 98.4 cm³/mol. The Balaban J connectivity index is 1.49. The maximum absolute atomic E-state index is 12.6. The Morgan fingerprint density at radius 2 is 2.00 bits per heavy atom. The van der Waals surface area contributed by atoms with Crippen LogP contribution in [0.5, 0.6) is 0 Å². The van der Waals surface area contributed by atoms with Gasteiger partial charge in [0.2, 0.25) is 5.91 Å². The van der Waals surface area contributed by atoms with Gasteiger partial charge in [-0.3, -0.25) is 14.8 Å². The van der Waals surface area contributed by atoms with Crippen LogP contribution in [-0.4, -0.2) is 46.0 Å². The molecule has 1 atom stereocenters. The highest BCUT2D eigenvalue weighted by molar-refractivity contribution is 5.90. The third-order valence-electron chi connectivity index (χ3n) is 5.13. The fraction of sp³-hybridized carbons (Fsp3) is 0.526. The molecule has 26 heavy (non-hydrogen) atoms. The van der Waals surface area contributed by atoms with Gasteiger partial charge in [-0.1, -0.05) is 19.3 Å². The summed E-state index contributed by atoms with van der Waals surface area (Å²) >= 11 is 0. The minimum Gasteiger partial charge on any atom is -0.365 e. The quantitative estimate of drug-likeness (QED) is 0.426. The lowest BCUT2D eigenvalue weighted by atomic mass is 9.88. The summed E-state index contributed by atoms with van der Waals surface area (Å²) in [5, 5.41) is 11.8. The molecule has 1 aliphatic heterocycles. The zero-order chi connectivity index (χ0) is 18.4. The molecule has 7 heteroatoms. The number of pyridine rings is 1. The summed E-state index contributed by atoms with van der Waals surface area (Å²) in [6, 6.07) is 3.91. The van der Waals surface area contributed by atoms with E-state index < -0.39 is 5.91 Å². The molecule has 1 saturated heterocycles. The number of likely N-dealkylation sites (tertiary alicyclic amines) is 1. The SMILES string of the molecule is O=C(/C=C/c1ccc(NC2CCN(C(=O)C3CCCCC3)C2)nc1)NO. The number of hydrogen-bond donors (Lipinski definition) is 3. The Morgan fingerprint density at radius 1 is 1.19 bits per heavy atom. The van der Waals surface area contributed by atoms with Gasteiger partial charge in [0, 0.05) is 37.3 Å². The normalized spacial score (nSPS) is 21.1. The van der Waals surface area contributed by atoms with E-state index in [0.717, 1.165) is 43.7 Å². The highest BCUT2D eigenvalue weighted by atomic mass is 16.5. The van der Waals surface area contributed by atoms with E-state index in [4.69, 9.17) is 5.21 Å². The first kappa shape index (κ1) is 18.4. The average Bonchev–Trinajstić information content (AvgIpc) is 3.15. The average molecular weight is 358 g/mol. The molecule has 1 aromatic heterocycles. The summed E-state index contributed by atoms with van der Waals surface area (Å²) in [4.78, 5) is 29.9. The van der Waals surface area contributed by atoms with E-state index in [1.54, 1.807) is 17.8 Å². The maximum Gasteiger partial charge on any atom is 0.267 e. The zero-order valence-corrected chi connectivity index (χ0v) is 14.9. The molecule has 7 nitrogen and oxygen atoms in total. The molecule has 1 unspecified atom stereocenters. The van der Waals surface area contributed by atoms with Crippen LogP contribution in [0.3, 0.4) is 0 Å². The maximum atomic E-state index is 12.6. The van der Waals surface area contributed by atoms with Crippen molar-refractivity contribution in [1.29, 1.82) is 0 Å². The number of nitrogens with one attached hydrogen (secondary N) is 2. The van der Waals surface area contributed by atoms with Crippen molar-refractivity contribution in [3.05, 3.63) is 30.0 Å². The summed E-state index contributed by atoms with van der Waals surface area (Å²) in [6.45, 7) is 1.54. The molecule has 0 radical (unpaired) electrons. The number of carbonyl (C=O) groups is 2. The van der Waals surface area contributed by atoms with E-state index in [1.807, 2.05) is 17.0 Å². The molecule has 1 saturated carbocycles. The number of aromatic nitrogens is 1. The van der Waals surface area contributed by atoms with Gasteiger partial charge in [-0.05, 0) is 43.0 Å². The van der Waals surface area contributed by atoms with E-state index in [0.29, 0.717) is 5.91 Å². The molecule has 0 spiro atoms. The summed E-state index contributed by atoms with van der Waals surface area (Å²) < 4.78 is 0. The Bertz CT molecular complexity index is 653. The van der Waals surface area contributed by atoms with Crippen LogP contribution < -0.4 is 10.8 Å². The van der Waals surface area contributed by atoms with E-state index in [9.17, 15) is 9.59 Å². The lowest BCUT2D eigenvalue weighted by Crippen LogP contribution is -2.36. The lowest BCUT2D eigenvalue weighted by molar-refractivity contribution is -0.135. The molecule has 2 amide bonds. The van der Waals surface area contributed by atoms with Crippen LogP contribution in [0.2, 0.25) is 0 Å². The second kappa shape index (κ2) is 8.80. The Labute approximate surface area is 153 Å². The Hall–Kier alpha value is -2.41. The van der Waals surface area contributed by atoms with E-state index >= 15 is 0 Å². The minimum absolute atomic E-state index is 0.219. The van der Waals surface area contributed by atoms with Gasteiger partial charge < -0.3 is 10.2 Å². The van der Waals surface area contributed by atoms with Crippen molar-refractivity contribution in [2.75, 3.05) is 18.4 Å². The minimum atomic E-state index is -0.583. The molecule has 2 heterocycles. The highest BCUT2D eigenvalue weighted by Crippen LogP contribution is 2.27. The highest BCUT2D eigenvalue weighted by Gasteiger charge is 2.31. The Morgan fingerprint density at radius 3 is 2.69 bits per heavy atom. The Kier molecular flexibility index (Phi) is 6.22. The monoisotopic (exact) mass is 358 g/mol. The van der Waals surface area contributed by atoms with Crippen molar-refractivity contribution in [2.24, 2.45) is 5.92 Å². The van der Waals surface area contributed by atoms with Gasteiger partial charge in [-0.2, -0.15) is 0 Å². The largest absolute Gasteiger partial charge is 0.365 e. The first-order chi connectivity index (χ1) is 12.7. The number of hydroxylamine groups is 1. The number of carbonyl (C=O) groups excluding carboxylic acids is 2. The van der Waals surface area contributed by atoms with Crippen molar-refractivity contribution >= 4 is 23.7 Å². The summed E-state index contributed by atoms with van der Waals surface area (Å²) in [7, 11) is 0. The topological polar surface area (TPSA) is 94.6 Å². The van der Waals surface area contributed by atoms with Gasteiger partial charge in [0.15, 0.2) is 0 Å². The van der Waals surface area contributed by atoms with Crippen molar-refractivity contribution in [2.45, 2.75) is 44.6 Å². The molecule has 3 rings (SSSR count). The van der Waals surface area contributed by atoms with E-state index in [1.165, 1.54) is 25.3 Å². The second-order valence-electron chi connectivity index (χ2n) is 7.04. The summed E-state index contributed by atoms with van der Waals surface area (Å²) in [5.74, 6) is 0.721. The molecule has 0 bridgehead atoms. The molecule has 1 aliphatic carbocycles. The molecular weight excluding hydrogens is 332 g/mol. The third kappa shape index (κ3) is 4.82. The molecule has 3 N–H and O–H groups in total. The first-order valence-corrected chi connectivity index (χ1v) is 9.29. The fourth-order valence-electron chi connectivity index (χ4n) is 3.69. The first-order valence-electron chi connectivity index (χ1n) is 9.29. The van der Waals surface area contributed by atoms with Crippen LogP contribution in [0, 0.1) is 5.92 Å².